The maximum Gasteiger partial charge on any atom is 0.296 e. The molecule has 0 unspecified atom stereocenters. The molecule has 0 aliphatic heterocycles. The first-order chi connectivity index (χ1) is 13.1. The van der Waals surface area contributed by atoms with E-state index in [1.165, 1.54) is 6.26 Å². The molecule has 0 saturated heterocycles. The predicted octanol–water partition coefficient (Wildman–Crippen LogP) is 2.58. The zero-order chi connectivity index (χ0) is 20.4. The highest BCUT2D eigenvalue weighted by atomic mass is 32.2. The predicted molar refractivity (Wildman–Crippen MR) is 100 cm³/mol. The van der Waals surface area contributed by atoms with Gasteiger partial charge in [0, 0.05) is 6.07 Å². The lowest BCUT2D eigenvalue weighted by Gasteiger charge is -2.15. The number of hydrogen-bond acceptors (Lipinski definition) is 7. The molecule has 0 atom stereocenters. The first kappa shape index (κ1) is 19.9. The Hall–Kier alpha value is -2.86. The van der Waals surface area contributed by atoms with Gasteiger partial charge in [-0.1, -0.05) is 18.2 Å². The fourth-order valence-electron chi connectivity index (χ4n) is 2.41. The summed E-state index contributed by atoms with van der Waals surface area (Å²) in [5.41, 5.74) is -0.0859. The Morgan fingerprint density at radius 1 is 1.00 bits per heavy atom. The second-order valence-electron chi connectivity index (χ2n) is 5.66. The molecule has 0 spiro atoms. The highest BCUT2D eigenvalue weighted by Crippen LogP contribution is 2.35. The van der Waals surface area contributed by atoms with E-state index in [0.717, 1.165) is 12.1 Å². The largest absolute Gasteiger partial charge is 0.467 e. The summed E-state index contributed by atoms with van der Waals surface area (Å²) in [5.74, 6) is 0.592. The summed E-state index contributed by atoms with van der Waals surface area (Å²) in [6, 6.07) is 13.4. The van der Waals surface area contributed by atoms with E-state index in [2.05, 4.69) is 5.32 Å². The molecule has 0 radical (unpaired) electrons. The average molecular weight is 424 g/mol. The first-order valence-electron chi connectivity index (χ1n) is 7.82. The summed E-state index contributed by atoms with van der Waals surface area (Å²) in [6.45, 7) is 0.0784. The molecule has 1 heterocycles. The number of primary sulfonamides is 1. The van der Waals surface area contributed by atoms with Crippen molar-refractivity contribution in [2.24, 2.45) is 5.14 Å². The third-order valence-corrected chi connectivity index (χ3v) is 5.46. The van der Waals surface area contributed by atoms with Crippen molar-refractivity contribution < 1.29 is 30.5 Å². The Balaban J connectivity index is 2.12. The van der Waals surface area contributed by atoms with Crippen molar-refractivity contribution in [2.75, 3.05) is 5.32 Å². The van der Waals surface area contributed by atoms with Gasteiger partial charge in [0.1, 0.15) is 27.1 Å². The van der Waals surface area contributed by atoms with E-state index in [9.17, 15) is 21.4 Å². The minimum atomic E-state index is -4.77. The number of benzene rings is 2. The Bertz CT molecular complexity index is 1170. The number of anilines is 1. The summed E-state index contributed by atoms with van der Waals surface area (Å²) in [6.07, 6.45) is 1.44. The van der Waals surface area contributed by atoms with Gasteiger partial charge < -0.3 is 14.5 Å². The summed E-state index contributed by atoms with van der Waals surface area (Å²) < 4.78 is 67.8. The fraction of sp³-hybridized carbons (Fsp3) is 0.0588. The van der Waals surface area contributed by atoms with Crippen molar-refractivity contribution in [3.63, 3.8) is 0 Å². The molecule has 148 valence electrons. The van der Waals surface area contributed by atoms with Crippen molar-refractivity contribution in [3.05, 3.63) is 66.6 Å². The molecule has 0 fully saturated rings. The molecule has 3 rings (SSSR count). The van der Waals surface area contributed by atoms with Crippen LogP contribution >= 0.6 is 0 Å². The van der Waals surface area contributed by atoms with Gasteiger partial charge in [-0.05, 0) is 30.3 Å². The van der Waals surface area contributed by atoms with Crippen molar-refractivity contribution >= 4 is 25.8 Å². The van der Waals surface area contributed by atoms with Gasteiger partial charge >= 0.3 is 0 Å². The van der Waals surface area contributed by atoms with E-state index in [0.29, 0.717) is 11.5 Å². The van der Waals surface area contributed by atoms with Crippen LogP contribution in [0, 0.1) is 0 Å². The lowest BCUT2D eigenvalue weighted by Crippen LogP contribution is -2.15. The monoisotopic (exact) mass is 424 g/mol. The summed E-state index contributed by atoms with van der Waals surface area (Å²) in [4.78, 5) is -1.25. The number of ether oxygens (including phenoxy) is 1. The van der Waals surface area contributed by atoms with Gasteiger partial charge in [-0.3, -0.25) is 4.55 Å². The fourth-order valence-corrected chi connectivity index (χ4v) is 3.82. The molecule has 2 aromatic carbocycles. The second kappa shape index (κ2) is 7.64. The van der Waals surface area contributed by atoms with Gasteiger partial charge in [-0.15, -0.1) is 0 Å². The number of hydrogen-bond donors (Lipinski definition) is 3. The van der Waals surface area contributed by atoms with E-state index >= 15 is 0 Å². The van der Waals surface area contributed by atoms with E-state index in [4.69, 9.17) is 14.3 Å². The molecule has 0 amide bonds. The van der Waals surface area contributed by atoms with E-state index in [1.807, 2.05) is 0 Å². The Kier molecular flexibility index (Phi) is 5.42. The molecule has 11 heteroatoms. The lowest BCUT2D eigenvalue weighted by molar-refractivity contribution is 0.465. The normalized spacial score (nSPS) is 11.9. The van der Waals surface area contributed by atoms with Crippen LogP contribution in [-0.2, 0) is 26.7 Å². The highest BCUT2D eigenvalue weighted by molar-refractivity contribution is 7.89. The third kappa shape index (κ3) is 4.70. The van der Waals surface area contributed by atoms with E-state index in [-0.39, 0.29) is 18.0 Å². The molecular formula is C17H16N2O7S2. The first-order valence-corrected chi connectivity index (χ1v) is 10.8. The molecule has 4 N–H and O–H groups in total. The molecule has 3 aromatic rings. The molecule has 0 aliphatic carbocycles. The SMILES string of the molecule is NS(=O)(=O)c1cc(S(=O)(=O)O)c(NCc2ccco2)cc1Oc1ccccc1. The molecule has 1 aromatic heterocycles. The van der Waals surface area contributed by atoms with Crippen LogP contribution in [0.1, 0.15) is 5.76 Å². The van der Waals surface area contributed by atoms with Crippen LogP contribution in [0.5, 0.6) is 11.5 Å². The maximum absolute atomic E-state index is 12.0. The molecule has 28 heavy (non-hydrogen) atoms. The molecule has 0 aliphatic rings. The third-order valence-electron chi connectivity index (χ3n) is 3.63. The zero-order valence-corrected chi connectivity index (χ0v) is 15.9. The molecule has 0 saturated carbocycles. The van der Waals surface area contributed by atoms with Crippen LogP contribution in [0.2, 0.25) is 0 Å². The average Bonchev–Trinajstić information content (AvgIpc) is 3.12. The number of para-hydroxylation sites is 1. The van der Waals surface area contributed by atoms with Gasteiger partial charge in [0.25, 0.3) is 10.1 Å². The number of nitrogens with two attached hydrogens (primary N) is 1. The van der Waals surface area contributed by atoms with Gasteiger partial charge in [-0.25, -0.2) is 13.6 Å². The number of rotatable bonds is 7. The Morgan fingerprint density at radius 2 is 1.71 bits per heavy atom. The van der Waals surface area contributed by atoms with Gasteiger partial charge in [0.2, 0.25) is 10.0 Å². The van der Waals surface area contributed by atoms with Crippen molar-refractivity contribution in [1.82, 2.24) is 0 Å². The van der Waals surface area contributed by atoms with Crippen LogP contribution in [0.25, 0.3) is 0 Å². The minimum Gasteiger partial charge on any atom is -0.467 e. The molecule has 9 nitrogen and oxygen atoms in total. The van der Waals surface area contributed by atoms with Crippen LogP contribution in [-0.4, -0.2) is 21.4 Å². The van der Waals surface area contributed by atoms with Crippen LogP contribution < -0.4 is 15.2 Å². The molecular weight excluding hydrogens is 408 g/mol. The summed E-state index contributed by atoms with van der Waals surface area (Å²) in [7, 11) is -9.12. The van der Waals surface area contributed by atoms with E-state index in [1.54, 1.807) is 42.5 Å². The topological polar surface area (TPSA) is 149 Å². The van der Waals surface area contributed by atoms with Crippen molar-refractivity contribution in [2.45, 2.75) is 16.3 Å². The molecule has 0 bridgehead atoms. The maximum atomic E-state index is 12.0. The Labute approximate surface area is 161 Å². The summed E-state index contributed by atoms with van der Waals surface area (Å²) >= 11 is 0. The smallest absolute Gasteiger partial charge is 0.296 e. The van der Waals surface area contributed by atoms with E-state index < -0.39 is 29.9 Å². The number of furan rings is 1. The number of sulfonamides is 1. The second-order valence-corrected chi connectivity index (χ2v) is 8.58. The lowest BCUT2D eigenvalue weighted by atomic mass is 10.2. The number of nitrogens with one attached hydrogen (secondary N) is 1. The summed E-state index contributed by atoms with van der Waals surface area (Å²) in [5, 5.41) is 7.98. The van der Waals surface area contributed by atoms with Crippen LogP contribution in [0.15, 0.2) is 75.1 Å². The minimum absolute atomic E-state index is 0.0784. The van der Waals surface area contributed by atoms with Crippen LogP contribution in [0.3, 0.4) is 0 Å². The van der Waals surface area contributed by atoms with Crippen LogP contribution in [0.4, 0.5) is 5.69 Å². The van der Waals surface area contributed by atoms with Gasteiger partial charge in [-0.2, -0.15) is 8.42 Å². The van der Waals surface area contributed by atoms with Gasteiger partial charge in [0.05, 0.1) is 18.5 Å². The van der Waals surface area contributed by atoms with Crippen molar-refractivity contribution in [1.29, 1.82) is 0 Å². The van der Waals surface area contributed by atoms with Gasteiger partial charge in [0.15, 0.2) is 0 Å². The Morgan fingerprint density at radius 3 is 2.29 bits per heavy atom. The quantitative estimate of drug-likeness (QED) is 0.490. The zero-order valence-electron chi connectivity index (χ0n) is 14.3. The standard InChI is InChI=1S/C17H16N2O7S2/c18-27(20,21)17-10-16(28(22,23)24)14(19-11-13-7-4-8-25-13)9-15(17)26-12-5-2-1-3-6-12/h1-10,19H,11H2,(H2,18,20,21)(H,22,23,24). The highest BCUT2D eigenvalue weighted by Gasteiger charge is 2.25. The van der Waals surface area contributed by atoms with Crippen molar-refractivity contribution in [3.8, 4) is 11.5 Å².